The van der Waals surface area contributed by atoms with Crippen molar-refractivity contribution in [3.63, 3.8) is 0 Å². The first kappa shape index (κ1) is 21.5. The van der Waals surface area contributed by atoms with E-state index in [0.29, 0.717) is 5.56 Å². The number of aryl methyl sites for hydroxylation is 1. The van der Waals surface area contributed by atoms with Crippen LogP contribution in [0.2, 0.25) is 0 Å². The molecule has 0 bridgehead atoms. The van der Waals surface area contributed by atoms with Crippen LogP contribution in [0.1, 0.15) is 43.2 Å². The van der Waals surface area contributed by atoms with E-state index in [2.05, 4.69) is 10.5 Å². The molecule has 1 amide bonds. The number of nitrogens with one attached hydrogen (secondary N) is 1. The number of aromatic nitrogens is 1. The molecule has 3 aromatic rings. The molecule has 7 nitrogen and oxygen atoms in total. The first-order chi connectivity index (χ1) is 14.8. The van der Waals surface area contributed by atoms with Crippen molar-refractivity contribution < 1.29 is 18.7 Å². The van der Waals surface area contributed by atoms with Gasteiger partial charge in [0.25, 0.3) is 5.91 Å². The van der Waals surface area contributed by atoms with Crippen molar-refractivity contribution in [3.05, 3.63) is 88.0 Å². The molecule has 0 aliphatic heterocycles. The highest BCUT2D eigenvalue weighted by Gasteiger charge is 2.13. The summed E-state index contributed by atoms with van der Waals surface area (Å²) >= 11 is 0. The Kier molecular flexibility index (Phi) is 6.26. The van der Waals surface area contributed by atoms with Gasteiger partial charge in [0.05, 0.1) is 36.1 Å². The van der Waals surface area contributed by atoms with Gasteiger partial charge in [-0.25, -0.2) is 14.6 Å². The van der Waals surface area contributed by atoms with Crippen LogP contribution in [0.5, 0.6) is 0 Å². The van der Waals surface area contributed by atoms with Crippen LogP contribution >= 0.6 is 0 Å². The summed E-state index contributed by atoms with van der Waals surface area (Å²) in [5, 5.41) is 12.7. The Balaban J connectivity index is 1.78. The molecule has 0 saturated heterocycles. The van der Waals surface area contributed by atoms with E-state index in [1.165, 1.54) is 25.5 Å². The highest BCUT2D eigenvalue weighted by atomic mass is 19.1. The largest absolute Gasteiger partial charge is 0.465 e. The van der Waals surface area contributed by atoms with Crippen LogP contribution in [0, 0.1) is 31.0 Å². The number of ether oxygens (including phenoxy) is 1. The van der Waals surface area contributed by atoms with E-state index in [0.717, 1.165) is 28.7 Å². The Labute approximate surface area is 178 Å². The van der Waals surface area contributed by atoms with Crippen molar-refractivity contribution in [2.45, 2.75) is 13.8 Å². The van der Waals surface area contributed by atoms with E-state index in [9.17, 15) is 14.0 Å². The Morgan fingerprint density at radius 2 is 1.87 bits per heavy atom. The molecule has 1 heterocycles. The standard InChI is InChI=1S/C23H19FN4O3/c1-14-10-18(13-26-27-22(29)20-9-4-16(12-25)11-21(20)24)15(2)28(14)19-7-5-17(6-8-19)23(30)31-3/h4-11,13H,1-3H3,(H,27,29)/b26-13-. The van der Waals surface area contributed by atoms with E-state index in [1.54, 1.807) is 12.1 Å². The third kappa shape index (κ3) is 4.51. The third-order valence-corrected chi connectivity index (χ3v) is 4.73. The summed E-state index contributed by atoms with van der Waals surface area (Å²) in [5.74, 6) is -1.92. The zero-order chi connectivity index (χ0) is 22.5. The van der Waals surface area contributed by atoms with Crippen LogP contribution in [0.25, 0.3) is 5.69 Å². The summed E-state index contributed by atoms with van der Waals surface area (Å²) in [6, 6.07) is 14.3. The number of hydrogen-bond donors (Lipinski definition) is 1. The molecule has 0 spiro atoms. The van der Waals surface area contributed by atoms with Gasteiger partial charge in [-0.15, -0.1) is 0 Å². The Bertz CT molecular complexity index is 1220. The molecule has 0 aliphatic rings. The molecule has 0 saturated carbocycles. The van der Waals surface area contributed by atoms with Gasteiger partial charge in [-0.05, 0) is 62.4 Å². The number of carbonyl (C=O) groups is 2. The van der Waals surface area contributed by atoms with Crippen molar-refractivity contribution >= 4 is 18.1 Å². The van der Waals surface area contributed by atoms with E-state index in [4.69, 9.17) is 10.00 Å². The number of nitrogens with zero attached hydrogens (tertiary/aromatic N) is 3. The van der Waals surface area contributed by atoms with Gasteiger partial charge in [0.2, 0.25) is 0 Å². The number of halogens is 1. The number of hydrogen-bond acceptors (Lipinski definition) is 5. The average Bonchev–Trinajstić information content (AvgIpc) is 3.06. The monoisotopic (exact) mass is 418 g/mol. The summed E-state index contributed by atoms with van der Waals surface area (Å²) in [5.41, 5.74) is 6.08. The Hall–Kier alpha value is -4.25. The predicted molar refractivity (Wildman–Crippen MR) is 113 cm³/mol. The predicted octanol–water partition coefficient (Wildman–Crippen LogP) is 3.66. The highest BCUT2D eigenvalue weighted by molar-refractivity contribution is 5.95. The van der Waals surface area contributed by atoms with Crippen LogP contribution in [-0.4, -0.2) is 29.8 Å². The van der Waals surface area contributed by atoms with Crippen LogP contribution in [0.4, 0.5) is 4.39 Å². The lowest BCUT2D eigenvalue weighted by Crippen LogP contribution is -2.19. The number of esters is 1. The van der Waals surface area contributed by atoms with Gasteiger partial charge < -0.3 is 9.30 Å². The lowest BCUT2D eigenvalue weighted by atomic mass is 10.1. The summed E-state index contributed by atoms with van der Waals surface area (Å²) < 4.78 is 20.6. The van der Waals surface area contributed by atoms with Crippen molar-refractivity contribution in [1.82, 2.24) is 9.99 Å². The number of rotatable bonds is 5. The third-order valence-electron chi connectivity index (χ3n) is 4.73. The van der Waals surface area contributed by atoms with Crippen molar-refractivity contribution in [1.29, 1.82) is 5.26 Å². The first-order valence-corrected chi connectivity index (χ1v) is 9.26. The Morgan fingerprint density at radius 3 is 2.48 bits per heavy atom. The topological polar surface area (TPSA) is 96.5 Å². The lowest BCUT2D eigenvalue weighted by molar-refractivity contribution is 0.0600. The van der Waals surface area contributed by atoms with Gasteiger partial charge in [0, 0.05) is 22.6 Å². The fourth-order valence-corrected chi connectivity index (χ4v) is 3.17. The molecule has 0 fully saturated rings. The molecule has 0 aliphatic carbocycles. The SMILES string of the molecule is COC(=O)c1ccc(-n2c(C)cc(/C=N\NC(=O)c3ccc(C#N)cc3F)c2C)cc1. The second-order valence-corrected chi connectivity index (χ2v) is 6.71. The number of methoxy groups -OCH3 is 1. The van der Waals surface area contributed by atoms with Gasteiger partial charge in [0.15, 0.2) is 0 Å². The fourth-order valence-electron chi connectivity index (χ4n) is 3.17. The molecule has 0 unspecified atom stereocenters. The fraction of sp³-hybridized carbons (Fsp3) is 0.130. The van der Waals surface area contributed by atoms with E-state index in [1.807, 2.05) is 42.7 Å². The van der Waals surface area contributed by atoms with E-state index >= 15 is 0 Å². The zero-order valence-electron chi connectivity index (χ0n) is 17.1. The number of nitriles is 1. The number of benzene rings is 2. The molecular weight excluding hydrogens is 399 g/mol. The molecule has 2 aromatic carbocycles. The van der Waals surface area contributed by atoms with Crippen molar-refractivity contribution in [2.24, 2.45) is 5.10 Å². The van der Waals surface area contributed by atoms with Crippen molar-refractivity contribution in [3.8, 4) is 11.8 Å². The lowest BCUT2D eigenvalue weighted by Gasteiger charge is -2.10. The minimum absolute atomic E-state index is 0.129. The maximum atomic E-state index is 14.0. The van der Waals surface area contributed by atoms with Crippen molar-refractivity contribution in [2.75, 3.05) is 7.11 Å². The normalized spacial score (nSPS) is 10.7. The summed E-state index contributed by atoms with van der Waals surface area (Å²) in [4.78, 5) is 23.8. The van der Waals surface area contributed by atoms with Crippen LogP contribution in [-0.2, 0) is 4.74 Å². The quantitative estimate of drug-likeness (QED) is 0.389. The molecule has 156 valence electrons. The molecule has 1 aromatic heterocycles. The number of carbonyl (C=O) groups excluding carboxylic acids is 2. The molecule has 31 heavy (non-hydrogen) atoms. The maximum absolute atomic E-state index is 14.0. The summed E-state index contributed by atoms with van der Waals surface area (Å²) in [7, 11) is 1.33. The van der Waals surface area contributed by atoms with Crippen LogP contribution in [0.15, 0.2) is 53.6 Å². The number of amides is 1. The highest BCUT2D eigenvalue weighted by Crippen LogP contribution is 2.20. The Morgan fingerprint density at radius 1 is 1.16 bits per heavy atom. The zero-order valence-corrected chi connectivity index (χ0v) is 17.1. The van der Waals surface area contributed by atoms with Crippen LogP contribution in [0.3, 0.4) is 0 Å². The maximum Gasteiger partial charge on any atom is 0.337 e. The van der Waals surface area contributed by atoms with Crippen LogP contribution < -0.4 is 5.43 Å². The molecule has 0 radical (unpaired) electrons. The minimum Gasteiger partial charge on any atom is -0.465 e. The second kappa shape index (κ2) is 9.05. The smallest absolute Gasteiger partial charge is 0.337 e. The molecular formula is C23H19FN4O3. The molecule has 8 heteroatoms. The van der Waals surface area contributed by atoms with Gasteiger partial charge in [-0.1, -0.05) is 0 Å². The van der Waals surface area contributed by atoms with E-state index in [-0.39, 0.29) is 11.1 Å². The van der Waals surface area contributed by atoms with E-state index < -0.39 is 17.7 Å². The first-order valence-electron chi connectivity index (χ1n) is 9.26. The molecule has 3 rings (SSSR count). The van der Waals surface area contributed by atoms with Gasteiger partial charge in [-0.2, -0.15) is 10.4 Å². The second-order valence-electron chi connectivity index (χ2n) is 6.71. The molecule has 0 atom stereocenters. The number of hydrazone groups is 1. The van der Waals surface area contributed by atoms with Gasteiger partial charge >= 0.3 is 5.97 Å². The van der Waals surface area contributed by atoms with Gasteiger partial charge in [0.1, 0.15) is 5.82 Å². The minimum atomic E-state index is -0.791. The summed E-state index contributed by atoms with van der Waals surface area (Å²) in [6.45, 7) is 3.81. The molecule has 1 N–H and O–H groups in total. The van der Waals surface area contributed by atoms with Gasteiger partial charge in [-0.3, -0.25) is 4.79 Å². The summed E-state index contributed by atoms with van der Waals surface area (Å²) in [6.07, 6.45) is 1.47. The average molecular weight is 418 g/mol.